The van der Waals surface area contributed by atoms with E-state index in [-0.39, 0.29) is 0 Å². The van der Waals surface area contributed by atoms with Crippen LogP contribution in [0.4, 0.5) is 0 Å². The van der Waals surface area contributed by atoms with Crippen LogP contribution in [0.3, 0.4) is 0 Å². The molecule has 1 unspecified atom stereocenters. The van der Waals surface area contributed by atoms with Crippen LogP contribution < -0.4 is 5.32 Å². The molecule has 0 saturated heterocycles. The van der Waals surface area contributed by atoms with E-state index >= 15 is 0 Å². The SMILES string of the molecule is CC1NC=CN1CCc1ccccc1. The smallest absolute Gasteiger partial charge is 0.0952 e. The maximum Gasteiger partial charge on any atom is 0.0952 e. The van der Waals surface area contributed by atoms with Gasteiger partial charge in [-0.05, 0) is 18.9 Å². The van der Waals surface area contributed by atoms with E-state index in [0.29, 0.717) is 6.17 Å². The molecule has 1 aliphatic heterocycles. The monoisotopic (exact) mass is 188 g/mol. The third-order valence-corrected chi connectivity index (χ3v) is 2.60. The fourth-order valence-electron chi connectivity index (χ4n) is 1.67. The second-order valence-electron chi connectivity index (χ2n) is 3.63. The average Bonchev–Trinajstić information content (AvgIpc) is 2.63. The molecule has 2 rings (SSSR count). The van der Waals surface area contributed by atoms with Crippen LogP contribution in [0, 0.1) is 0 Å². The maximum absolute atomic E-state index is 3.25. The van der Waals surface area contributed by atoms with E-state index in [0.717, 1.165) is 13.0 Å². The number of benzene rings is 1. The molecule has 0 saturated carbocycles. The number of nitrogens with zero attached hydrogens (tertiary/aromatic N) is 1. The molecule has 0 aromatic heterocycles. The molecule has 1 aromatic carbocycles. The lowest BCUT2D eigenvalue weighted by Crippen LogP contribution is -2.33. The van der Waals surface area contributed by atoms with Gasteiger partial charge >= 0.3 is 0 Å². The standard InChI is InChI=1S/C12H16N2/c1-11-13-8-10-14(11)9-7-12-5-3-2-4-6-12/h2-6,8,10-11,13H,7,9H2,1H3. The quantitative estimate of drug-likeness (QED) is 0.780. The van der Waals surface area contributed by atoms with Gasteiger partial charge in [0.25, 0.3) is 0 Å². The third-order valence-electron chi connectivity index (χ3n) is 2.60. The Morgan fingerprint density at radius 3 is 2.71 bits per heavy atom. The second kappa shape index (κ2) is 4.18. The first-order chi connectivity index (χ1) is 6.86. The zero-order valence-electron chi connectivity index (χ0n) is 8.48. The Bertz CT molecular complexity index is 305. The van der Waals surface area contributed by atoms with Crippen molar-refractivity contribution in [3.05, 3.63) is 48.3 Å². The second-order valence-corrected chi connectivity index (χ2v) is 3.63. The van der Waals surface area contributed by atoms with E-state index in [1.807, 2.05) is 6.20 Å². The fraction of sp³-hybridized carbons (Fsp3) is 0.333. The molecule has 14 heavy (non-hydrogen) atoms. The minimum absolute atomic E-state index is 0.443. The normalized spacial score (nSPS) is 19.8. The molecule has 1 aliphatic rings. The van der Waals surface area contributed by atoms with Crippen molar-refractivity contribution < 1.29 is 0 Å². The van der Waals surface area contributed by atoms with Crippen molar-refractivity contribution in [2.45, 2.75) is 19.5 Å². The summed E-state index contributed by atoms with van der Waals surface area (Å²) in [6.07, 6.45) is 5.68. The molecular formula is C12H16N2. The molecule has 1 aromatic rings. The van der Waals surface area contributed by atoms with Crippen LogP contribution in [0.5, 0.6) is 0 Å². The molecule has 0 aliphatic carbocycles. The van der Waals surface area contributed by atoms with E-state index in [4.69, 9.17) is 0 Å². The molecule has 74 valence electrons. The first-order valence-corrected chi connectivity index (χ1v) is 5.08. The Morgan fingerprint density at radius 1 is 1.29 bits per heavy atom. The van der Waals surface area contributed by atoms with Crippen LogP contribution >= 0.6 is 0 Å². The van der Waals surface area contributed by atoms with E-state index in [1.165, 1.54) is 5.56 Å². The van der Waals surface area contributed by atoms with E-state index in [1.54, 1.807) is 0 Å². The highest BCUT2D eigenvalue weighted by molar-refractivity contribution is 5.15. The van der Waals surface area contributed by atoms with Gasteiger partial charge in [0.1, 0.15) is 0 Å². The first-order valence-electron chi connectivity index (χ1n) is 5.08. The zero-order valence-corrected chi connectivity index (χ0v) is 8.48. The Labute approximate surface area is 85.2 Å². The molecule has 0 fully saturated rings. The van der Waals surface area contributed by atoms with Gasteiger partial charge in [-0.2, -0.15) is 0 Å². The molecule has 0 bridgehead atoms. The van der Waals surface area contributed by atoms with Crippen LogP contribution in [-0.4, -0.2) is 17.6 Å². The molecule has 1 atom stereocenters. The highest BCUT2D eigenvalue weighted by atomic mass is 15.3. The van der Waals surface area contributed by atoms with Crippen molar-refractivity contribution in [3.63, 3.8) is 0 Å². The number of nitrogens with one attached hydrogen (secondary N) is 1. The summed E-state index contributed by atoms with van der Waals surface area (Å²) in [4.78, 5) is 2.31. The van der Waals surface area contributed by atoms with Crippen molar-refractivity contribution in [3.8, 4) is 0 Å². The topological polar surface area (TPSA) is 15.3 Å². The molecule has 0 spiro atoms. The van der Waals surface area contributed by atoms with Gasteiger partial charge < -0.3 is 10.2 Å². The van der Waals surface area contributed by atoms with E-state index in [2.05, 4.69) is 53.7 Å². The fourth-order valence-corrected chi connectivity index (χ4v) is 1.67. The van der Waals surface area contributed by atoms with Gasteiger partial charge in [0.05, 0.1) is 6.17 Å². The minimum Gasteiger partial charge on any atom is -0.370 e. The molecule has 2 nitrogen and oxygen atoms in total. The van der Waals surface area contributed by atoms with Gasteiger partial charge in [-0.3, -0.25) is 0 Å². The van der Waals surface area contributed by atoms with Gasteiger partial charge in [-0.1, -0.05) is 30.3 Å². The molecule has 0 radical (unpaired) electrons. The molecular weight excluding hydrogens is 172 g/mol. The van der Waals surface area contributed by atoms with Gasteiger partial charge in [-0.15, -0.1) is 0 Å². The van der Waals surface area contributed by atoms with Gasteiger partial charge in [0.2, 0.25) is 0 Å². The lowest BCUT2D eigenvalue weighted by molar-refractivity contribution is 0.301. The summed E-state index contributed by atoms with van der Waals surface area (Å²) < 4.78 is 0. The van der Waals surface area contributed by atoms with Crippen molar-refractivity contribution >= 4 is 0 Å². The van der Waals surface area contributed by atoms with Crippen molar-refractivity contribution in [1.29, 1.82) is 0 Å². The van der Waals surface area contributed by atoms with Crippen LogP contribution in [0.15, 0.2) is 42.7 Å². The van der Waals surface area contributed by atoms with Gasteiger partial charge in [0, 0.05) is 18.9 Å². The highest BCUT2D eigenvalue weighted by Crippen LogP contribution is 2.06. The van der Waals surface area contributed by atoms with Crippen LogP contribution in [0.2, 0.25) is 0 Å². The third kappa shape index (κ3) is 2.08. The molecule has 0 amide bonds. The summed E-state index contributed by atoms with van der Waals surface area (Å²) in [6.45, 7) is 3.25. The van der Waals surface area contributed by atoms with Crippen molar-refractivity contribution in [1.82, 2.24) is 10.2 Å². The van der Waals surface area contributed by atoms with Gasteiger partial charge in [0.15, 0.2) is 0 Å². The summed E-state index contributed by atoms with van der Waals surface area (Å²) in [5.74, 6) is 0. The zero-order chi connectivity index (χ0) is 9.80. The Morgan fingerprint density at radius 2 is 2.07 bits per heavy atom. The predicted molar refractivity (Wildman–Crippen MR) is 58.6 cm³/mol. The molecule has 2 heteroatoms. The largest absolute Gasteiger partial charge is 0.370 e. The lowest BCUT2D eigenvalue weighted by atomic mass is 10.1. The van der Waals surface area contributed by atoms with Crippen molar-refractivity contribution in [2.75, 3.05) is 6.54 Å². The maximum atomic E-state index is 3.25. The van der Waals surface area contributed by atoms with Crippen LogP contribution in [-0.2, 0) is 6.42 Å². The van der Waals surface area contributed by atoms with Crippen LogP contribution in [0.25, 0.3) is 0 Å². The average molecular weight is 188 g/mol. The summed E-state index contributed by atoms with van der Waals surface area (Å²) >= 11 is 0. The Hall–Kier alpha value is -1.44. The van der Waals surface area contributed by atoms with E-state index < -0.39 is 0 Å². The van der Waals surface area contributed by atoms with E-state index in [9.17, 15) is 0 Å². The highest BCUT2D eigenvalue weighted by Gasteiger charge is 2.11. The summed E-state index contributed by atoms with van der Waals surface area (Å²) in [5.41, 5.74) is 1.40. The summed E-state index contributed by atoms with van der Waals surface area (Å²) in [7, 11) is 0. The lowest BCUT2D eigenvalue weighted by Gasteiger charge is -2.21. The molecule has 1 heterocycles. The summed E-state index contributed by atoms with van der Waals surface area (Å²) in [6, 6.07) is 10.6. The van der Waals surface area contributed by atoms with Gasteiger partial charge in [-0.25, -0.2) is 0 Å². The number of hydrogen-bond acceptors (Lipinski definition) is 2. The first kappa shape index (κ1) is 9.13. The number of rotatable bonds is 3. The molecule has 1 N–H and O–H groups in total. The summed E-state index contributed by atoms with van der Waals surface area (Å²) in [5, 5.41) is 3.25. The van der Waals surface area contributed by atoms with Crippen LogP contribution in [0.1, 0.15) is 12.5 Å². The Balaban J connectivity index is 1.86. The van der Waals surface area contributed by atoms with Crippen molar-refractivity contribution in [2.24, 2.45) is 0 Å². The Kier molecular flexibility index (Phi) is 2.73. The number of hydrogen-bond donors (Lipinski definition) is 1. The minimum atomic E-state index is 0.443. The predicted octanol–water partition coefficient (Wildman–Crippen LogP) is 1.95.